The monoisotopic (exact) mass is 642 g/mol. The number of aromatic nitrogens is 4. The molecule has 0 bridgehead atoms. The lowest BCUT2D eigenvalue weighted by Gasteiger charge is -2.19. The molecule has 2 aliphatic carbocycles. The zero-order valence-corrected chi connectivity index (χ0v) is 27.6. The summed E-state index contributed by atoms with van der Waals surface area (Å²) in [5.74, 6) is 0.717. The number of para-hydroxylation sites is 2. The van der Waals surface area contributed by atoms with Gasteiger partial charge in [-0.3, -0.25) is 0 Å². The Hall–Kier alpha value is -6.26. The van der Waals surface area contributed by atoms with Crippen LogP contribution in [0.4, 0.5) is 0 Å². The van der Waals surface area contributed by atoms with Gasteiger partial charge in [0.15, 0.2) is 5.82 Å². The fourth-order valence-corrected chi connectivity index (χ4v) is 8.00. The van der Waals surface area contributed by atoms with Gasteiger partial charge >= 0.3 is 0 Å². The molecule has 3 aromatic heterocycles. The van der Waals surface area contributed by atoms with E-state index in [1.54, 1.807) is 0 Å². The average molecular weight is 643 g/mol. The van der Waals surface area contributed by atoms with Crippen LogP contribution in [0.25, 0.3) is 79.2 Å². The van der Waals surface area contributed by atoms with Crippen LogP contribution in [-0.2, 0) is 12.8 Å². The normalized spacial score (nSPS) is 13.5. The van der Waals surface area contributed by atoms with E-state index in [9.17, 15) is 0 Å². The van der Waals surface area contributed by atoms with Gasteiger partial charge in [-0.25, -0.2) is 9.97 Å². The van der Waals surface area contributed by atoms with Gasteiger partial charge in [0.2, 0.25) is 0 Å². The Morgan fingerprint density at radius 1 is 0.480 bits per heavy atom. The quantitative estimate of drug-likeness (QED) is 0.187. The number of hydrogen-bond donors (Lipinski definition) is 0. The molecule has 0 fully saturated rings. The fraction of sp³-hybridized carbons (Fsp3) is 0.0870. The molecule has 0 N–H and O–H groups in total. The summed E-state index contributed by atoms with van der Waals surface area (Å²) in [4.78, 5) is 10.4. The molecule has 50 heavy (non-hydrogen) atoms. The van der Waals surface area contributed by atoms with E-state index < -0.39 is 0 Å². The van der Waals surface area contributed by atoms with E-state index in [4.69, 9.17) is 9.97 Å². The second-order valence-corrected chi connectivity index (χ2v) is 13.2. The predicted octanol–water partition coefficient (Wildman–Crippen LogP) is 11.3. The molecular formula is C46H34N4. The summed E-state index contributed by atoms with van der Waals surface area (Å²) in [7, 11) is 0. The molecule has 0 saturated carbocycles. The van der Waals surface area contributed by atoms with Gasteiger partial charge in [-0.1, -0.05) is 115 Å². The van der Waals surface area contributed by atoms with Crippen molar-refractivity contribution < 1.29 is 0 Å². The number of rotatable bonds is 5. The Balaban J connectivity index is 1.29. The van der Waals surface area contributed by atoms with Crippen molar-refractivity contribution in [3.8, 4) is 45.3 Å². The first-order valence-corrected chi connectivity index (χ1v) is 17.5. The maximum Gasteiger partial charge on any atom is 0.160 e. The molecule has 0 amide bonds. The van der Waals surface area contributed by atoms with Crippen LogP contribution in [0.3, 0.4) is 0 Å². The fourth-order valence-electron chi connectivity index (χ4n) is 8.00. The van der Waals surface area contributed by atoms with Crippen molar-refractivity contribution in [1.82, 2.24) is 19.1 Å². The van der Waals surface area contributed by atoms with Gasteiger partial charge < -0.3 is 9.13 Å². The minimum Gasteiger partial charge on any atom is -0.313 e. The largest absolute Gasteiger partial charge is 0.313 e. The van der Waals surface area contributed by atoms with Gasteiger partial charge in [0.05, 0.1) is 22.4 Å². The molecule has 5 aromatic carbocycles. The van der Waals surface area contributed by atoms with Gasteiger partial charge in [0.1, 0.15) is 0 Å². The summed E-state index contributed by atoms with van der Waals surface area (Å²) >= 11 is 0. The van der Waals surface area contributed by atoms with Crippen LogP contribution in [0.15, 0.2) is 146 Å². The molecule has 0 atom stereocenters. The molecule has 3 heterocycles. The molecule has 0 unspecified atom stereocenters. The Labute approximate surface area is 291 Å². The van der Waals surface area contributed by atoms with E-state index in [0.29, 0.717) is 0 Å². The van der Waals surface area contributed by atoms with Crippen LogP contribution >= 0.6 is 0 Å². The Bertz CT molecular complexity index is 2530. The second-order valence-electron chi connectivity index (χ2n) is 13.2. The third-order valence-corrected chi connectivity index (χ3v) is 10.2. The van der Waals surface area contributed by atoms with Crippen LogP contribution < -0.4 is 0 Å². The Kier molecular flexibility index (Phi) is 6.73. The number of nitrogens with zero attached hydrogens (tertiary/aromatic N) is 4. The van der Waals surface area contributed by atoms with Crippen LogP contribution in [-0.4, -0.2) is 19.1 Å². The average Bonchev–Trinajstić information content (AvgIpc) is 3.71. The summed E-state index contributed by atoms with van der Waals surface area (Å²) in [5, 5.41) is 2.50. The van der Waals surface area contributed by atoms with Crippen molar-refractivity contribution in [1.29, 1.82) is 0 Å². The zero-order valence-electron chi connectivity index (χ0n) is 27.6. The number of fused-ring (bicyclic) bond motifs is 6. The van der Waals surface area contributed by atoms with Crippen molar-refractivity contribution >= 4 is 34.0 Å². The van der Waals surface area contributed by atoms with E-state index in [1.165, 1.54) is 44.3 Å². The van der Waals surface area contributed by atoms with Crippen LogP contribution in [0.1, 0.15) is 35.4 Å². The molecule has 10 rings (SSSR count). The molecule has 238 valence electrons. The highest BCUT2D eigenvalue weighted by atomic mass is 15.0. The maximum atomic E-state index is 5.29. The molecule has 0 radical (unpaired) electrons. The lowest BCUT2D eigenvalue weighted by atomic mass is 9.96. The van der Waals surface area contributed by atoms with Gasteiger partial charge in [0.25, 0.3) is 0 Å². The van der Waals surface area contributed by atoms with Crippen molar-refractivity contribution in [2.45, 2.75) is 25.7 Å². The second kappa shape index (κ2) is 11.7. The van der Waals surface area contributed by atoms with E-state index in [1.807, 2.05) is 12.1 Å². The van der Waals surface area contributed by atoms with Crippen molar-refractivity contribution in [2.75, 3.05) is 0 Å². The van der Waals surface area contributed by atoms with Gasteiger partial charge in [-0.2, -0.15) is 0 Å². The molecule has 2 aliphatic rings. The Morgan fingerprint density at radius 2 is 1.06 bits per heavy atom. The third kappa shape index (κ3) is 4.67. The van der Waals surface area contributed by atoms with Gasteiger partial charge in [-0.05, 0) is 79.3 Å². The highest BCUT2D eigenvalue weighted by Crippen LogP contribution is 2.39. The molecule has 0 aliphatic heterocycles. The molecule has 0 saturated heterocycles. The van der Waals surface area contributed by atoms with Gasteiger partial charge in [-0.15, -0.1) is 0 Å². The third-order valence-electron chi connectivity index (χ3n) is 10.2. The standard InChI is InChI=1S/C46H34N4/c1-3-15-31(16-4-1)40-30-41(48-46(47-40)32-17-5-2-6-18-32)33-27-34(49-42-23-11-7-19-36(42)37-20-8-12-24-43(37)49)29-35(28-33)50-44-25-13-9-21-38(44)39-22-10-14-26-45(39)50/h1-9,11-12,14-21,23-24,26-30H,10,13,22,25H2. The summed E-state index contributed by atoms with van der Waals surface area (Å²) in [6, 6.07) is 47.4. The summed E-state index contributed by atoms with van der Waals surface area (Å²) in [6.07, 6.45) is 13.6. The van der Waals surface area contributed by atoms with Crippen LogP contribution in [0, 0.1) is 0 Å². The minimum absolute atomic E-state index is 0.717. The van der Waals surface area contributed by atoms with E-state index in [0.717, 1.165) is 71.0 Å². The number of hydrogen-bond acceptors (Lipinski definition) is 2. The number of allylic oxidation sites excluding steroid dienone is 2. The van der Waals surface area contributed by atoms with E-state index in [2.05, 4.69) is 155 Å². The molecular weight excluding hydrogens is 609 g/mol. The van der Waals surface area contributed by atoms with Crippen molar-refractivity contribution in [3.05, 3.63) is 168 Å². The van der Waals surface area contributed by atoms with Crippen molar-refractivity contribution in [3.63, 3.8) is 0 Å². The van der Waals surface area contributed by atoms with Crippen molar-refractivity contribution in [2.24, 2.45) is 0 Å². The molecule has 4 heteroatoms. The highest BCUT2D eigenvalue weighted by Gasteiger charge is 2.25. The summed E-state index contributed by atoms with van der Waals surface area (Å²) in [5.41, 5.74) is 15.1. The topological polar surface area (TPSA) is 35.6 Å². The first-order chi connectivity index (χ1) is 24.8. The molecule has 4 nitrogen and oxygen atoms in total. The lowest BCUT2D eigenvalue weighted by Crippen LogP contribution is -2.07. The number of benzene rings is 5. The zero-order chi connectivity index (χ0) is 33.0. The highest BCUT2D eigenvalue weighted by molar-refractivity contribution is 6.09. The first kappa shape index (κ1) is 28.7. The summed E-state index contributed by atoms with van der Waals surface area (Å²) < 4.78 is 4.95. The molecule has 8 aromatic rings. The van der Waals surface area contributed by atoms with E-state index in [-0.39, 0.29) is 0 Å². The smallest absolute Gasteiger partial charge is 0.160 e. The van der Waals surface area contributed by atoms with Crippen LogP contribution in [0.5, 0.6) is 0 Å². The maximum absolute atomic E-state index is 5.29. The SMILES string of the molecule is C1=Cc2c(c3c(n2-c2cc(-c4cc(-c5ccccc5)nc(-c5ccccc5)n4)cc(-n4c5ccccc5c5ccccc54)c2)CCC=C3)CC1. The minimum atomic E-state index is 0.717. The summed E-state index contributed by atoms with van der Waals surface area (Å²) in [6.45, 7) is 0. The lowest BCUT2D eigenvalue weighted by molar-refractivity contribution is 0.867. The Morgan fingerprint density at radius 3 is 1.78 bits per heavy atom. The van der Waals surface area contributed by atoms with E-state index >= 15 is 0 Å². The molecule has 0 spiro atoms. The predicted molar refractivity (Wildman–Crippen MR) is 207 cm³/mol. The van der Waals surface area contributed by atoms with Crippen LogP contribution in [0.2, 0.25) is 0 Å². The van der Waals surface area contributed by atoms with Gasteiger partial charge in [0, 0.05) is 50.2 Å². The first-order valence-electron chi connectivity index (χ1n) is 17.5.